The van der Waals surface area contributed by atoms with Crippen molar-refractivity contribution in [2.45, 2.75) is 0 Å². The molecule has 4 aromatic rings. The van der Waals surface area contributed by atoms with Crippen molar-refractivity contribution < 1.29 is 13.6 Å². The highest BCUT2D eigenvalue weighted by Crippen LogP contribution is 2.25. The molecule has 152 valence electrons. The van der Waals surface area contributed by atoms with E-state index in [0.29, 0.717) is 22.5 Å². The molecule has 0 aliphatic heterocycles. The number of aromatic nitrogens is 4. The quantitative estimate of drug-likeness (QED) is 0.304. The van der Waals surface area contributed by atoms with E-state index in [1.165, 1.54) is 36.7 Å². The molecule has 0 bridgehead atoms. The predicted molar refractivity (Wildman–Crippen MR) is 109 cm³/mol. The van der Waals surface area contributed by atoms with Crippen LogP contribution >= 0.6 is 0 Å². The zero-order chi connectivity index (χ0) is 21.3. The largest absolute Gasteiger partial charge is 0.369 e. The van der Waals surface area contributed by atoms with Gasteiger partial charge in [-0.3, -0.25) is 0 Å². The van der Waals surface area contributed by atoms with Crippen LogP contribution in [0.1, 0.15) is 0 Å². The molecule has 30 heavy (non-hydrogen) atoms. The minimum absolute atomic E-state index is 0.0753. The molecule has 2 aromatic heterocycles. The Labute approximate surface area is 168 Å². The van der Waals surface area contributed by atoms with Crippen LogP contribution in [0.3, 0.4) is 0 Å². The molecule has 0 atom stereocenters. The van der Waals surface area contributed by atoms with Crippen molar-refractivity contribution in [1.82, 2.24) is 19.9 Å². The van der Waals surface area contributed by atoms with Gasteiger partial charge >= 0.3 is 6.03 Å². The number of nitrogens with one attached hydrogen (secondary N) is 4. The van der Waals surface area contributed by atoms with Crippen molar-refractivity contribution in [3.05, 3.63) is 60.4 Å². The van der Waals surface area contributed by atoms with E-state index < -0.39 is 17.7 Å². The van der Waals surface area contributed by atoms with Crippen LogP contribution in [0.25, 0.3) is 22.5 Å². The van der Waals surface area contributed by atoms with Crippen molar-refractivity contribution in [1.29, 1.82) is 0 Å². The number of carbonyl (C=O) groups is 1. The maximum atomic E-state index is 14.4. The van der Waals surface area contributed by atoms with Crippen molar-refractivity contribution >= 4 is 29.3 Å². The van der Waals surface area contributed by atoms with Gasteiger partial charge in [0.05, 0.1) is 35.2 Å². The Morgan fingerprint density at radius 3 is 1.57 bits per heavy atom. The number of hydrogen-bond acceptors (Lipinski definition) is 5. The summed E-state index contributed by atoms with van der Waals surface area (Å²) in [6.45, 7) is 0. The van der Waals surface area contributed by atoms with Crippen LogP contribution in [0.15, 0.2) is 48.8 Å². The van der Waals surface area contributed by atoms with E-state index in [1.54, 1.807) is 12.1 Å². The maximum absolute atomic E-state index is 14.4. The second-order valence-electron chi connectivity index (χ2n) is 6.33. The number of aromatic amines is 2. The van der Waals surface area contributed by atoms with E-state index in [2.05, 4.69) is 30.6 Å². The molecule has 2 aromatic carbocycles. The Balaban J connectivity index is 1.45. The molecule has 11 heteroatoms. The molecular formula is C19H16F2N8O. The molecule has 2 amide bonds. The first-order valence-corrected chi connectivity index (χ1v) is 8.68. The number of halogens is 2. The first-order valence-electron chi connectivity index (χ1n) is 8.68. The summed E-state index contributed by atoms with van der Waals surface area (Å²) in [5.41, 5.74) is 12.9. The van der Waals surface area contributed by atoms with Gasteiger partial charge in [-0.05, 0) is 24.3 Å². The second kappa shape index (κ2) is 7.54. The Morgan fingerprint density at radius 2 is 1.23 bits per heavy atom. The molecule has 0 saturated carbocycles. The summed E-state index contributed by atoms with van der Waals surface area (Å²) >= 11 is 0. The predicted octanol–water partition coefficient (Wildman–Crippen LogP) is 3.55. The molecule has 0 aliphatic carbocycles. The topological polar surface area (TPSA) is 151 Å². The first kappa shape index (κ1) is 18.9. The van der Waals surface area contributed by atoms with Gasteiger partial charge in [-0.1, -0.05) is 12.1 Å². The van der Waals surface area contributed by atoms with E-state index >= 15 is 0 Å². The molecule has 4 rings (SSSR count). The van der Waals surface area contributed by atoms with Crippen LogP contribution in [0, 0.1) is 11.6 Å². The van der Waals surface area contributed by atoms with E-state index in [-0.39, 0.29) is 23.3 Å². The summed E-state index contributed by atoms with van der Waals surface area (Å²) in [6.07, 6.45) is 2.93. The number of nitrogen functional groups attached to an aromatic ring is 2. The number of rotatable bonds is 4. The van der Waals surface area contributed by atoms with Crippen LogP contribution in [0.4, 0.5) is 36.8 Å². The fraction of sp³-hybridized carbons (Fsp3) is 0. The van der Waals surface area contributed by atoms with Gasteiger partial charge < -0.3 is 32.1 Å². The average Bonchev–Trinajstić information content (AvgIpc) is 3.33. The molecule has 0 unspecified atom stereocenters. The van der Waals surface area contributed by atoms with Gasteiger partial charge in [0.15, 0.2) is 11.9 Å². The third kappa shape index (κ3) is 3.90. The van der Waals surface area contributed by atoms with Crippen molar-refractivity contribution in [2.75, 3.05) is 22.1 Å². The molecular weight excluding hydrogens is 394 g/mol. The number of benzene rings is 2. The number of amides is 2. The Hall–Kier alpha value is -4.41. The van der Waals surface area contributed by atoms with Crippen LogP contribution < -0.4 is 22.1 Å². The van der Waals surface area contributed by atoms with Gasteiger partial charge in [-0.15, -0.1) is 0 Å². The molecule has 0 aliphatic rings. The number of hydrogen-bond donors (Lipinski definition) is 6. The number of carbonyl (C=O) groups excluding carboxylic acids is 1. The molecule has 2 heterocycles. The summed E-state index contributed by atoms with van der Waals surface area (Å²) < 4.78 is 28.7. The summed E-state index contributed by atoms with van der Waals surface area (Å²) in [5, 5.41) is 4.69. The molecule has 0 radical (unpaired) electrons. The van der Waals surface area contributed by atoms with Crippen LogP contribution in [-0.4, -0.2) is 26.0 Å². The van der Waals surface area contributed by atoms with Gasteiger partial charge in [0.1, 0.15) is 11.6 Å². The average molecular weight is 410 g/mol. The number of urea groups is 1. The fourth-order valence-electron chi connectivity index (χ4n) is 2.81. The highest BCUT2D eigenvalue weighted by atomic mass is 19.1. The first-order chi connectivity index (χ1) is 14.4. The zero-order valence-corrected chi connectivity index (χ0v) is 15.3. The van der Waals surface area contributed by atoms with Gasteiger partial charge in [0.25, 0.3) is 0 Å². The number of anilines is 4. The number of H-pyrrole nitrogens is 2. The number of nitrogens with two attached hydrogens (primary N) is 2. The van der Waals surface area contributed by atoms with Crippen molar-refractivity contribution in [2.24, 2.45) is 0 Å². The van der Waals surface area contributed by atoms with Gasteiger partial charge in [0.2, 0.25) is 0 Å². The Kier molecular flexibility index (Phi) is 4.76. The van der Waals surface area contributed by atoms with Crippen molar-refractivity contribution in [3.8, 4) is 22.5 Å². The molecule has 0 saturated heterocycles. The summed E-state index contributed by atoms with van der Waals surface area (Å²) in [5.74, 6) is -0.945. The smallest absolute Gasteiger partial charge is 0.323 e. The number of imidazole rings is 2. The maximum Gasteiger partial charge on any atom is 0.323 e. The fourth-order valence-corrected chi connectivity index (χ4v) is 2.81. The van der Waals surface area contributed by atoms with E-state index in [9.17, 15) is 13.6 Å². The second-order valence-corrected chi connectivity index (χ2v) is 6.33. The standard InChI is InChI=1S/C19H16F2N8O/c20-11-5-9(15-7-24-17(22)26-15)1-3-13(11)28-19(30)29-14-4-2-10(6-12(14)21)16-8-25-18(23)27-16/h1-8H,(H3,22,24,26)(H3,23,25,27)(H2,28,29,30). The SMILES string of the molecule is Nc1ncc(-c2ccc(NC(=O)Nc3ccc(-c4cnc(N)[nH]4)cc3F)c(F)c2)[nH]1. The highest BCUT2D eigenvalue weighted by molar-refractivity contribution is 6.00. The van der Waals surface area contributed by atoms with Gasteiger partial charge in [-0.2, -0.15) is 0 Å². The van der Waals surface area contributed by atoms with Crippen LogP contribution in [0.2, 0.25) is 0 Å². The lowest BCUT2D eigenvalue weighted by molar-refractivity contribution is 0.262. The molecule has 0 spiro atoms. The summed E-state index contributed by atoms with van der Waals surface area (Å²) in [4.78, 5) is 25.4. The minimum Gasteiger partial charge on any atom is -0.369 e. The van der Waals surface area contributed by atoms with Crippen LogP contribution in [0.5, 0.6) is 0 Å². The lowest BCUT2D eigenvalue weighted by atomic mass is 10.1. The third-order valence-corrected chi connectivity index (χ3v) is 4.25. The lowest BCUT2D eigenvalue weighted by Gasteiger charge is -2.10. The monoisotopic (exact) mass is 410 g/mol. The molecule has 8 N–H and O–H groups in total. The normalized spacial score (nSPS) is 10.7. The lowest BCUT2D eigenvalue weighted by Crippen LogP contribution is -2.20. The minimum atomic E-state index is -0.801. The highest BCUT2D eigenvalue weighted by Gasteiger charge is 2.13. The van der Waals surface area contributed by atoms with Gasteiger partial charge in [0, 0.05) is 11.1 Å². The number of nitrogens with zero attached hydrogens (tertiary/aromatic N) is 2. The van der Waals surface area contributed by atoms with E-state index in [4.69, 9.17) is 11.5 Å². The summed E-state index contributed by atoms with van der Waals surface area (Å²) in [6, 6.07) is 7.55. The third-order valence-electron chi connectivity index (χ3n) is 4.25. The van der Waals surface area contributed by atoms with E-state index in [0.717, 1.165) is 0 Å². The van der Waals surface area contributed by atoms with E-state index in [1.807, 2.05) is 0 Å². The zero-order valence-electron chi connectivity index (χ0n) is 15.3. The van der Waals surface area contributed by atoms with Crippen molar-refractivity contribution in [3.63, 3.8) is 0 Å². The molecule has 9 nitrogen and oxygen atoms in total. The van der Waals surface area contributed by atoms with Gasteiger partial charge in [-0.25, -0.2) is 23.5 Å². The Bertz CT molecular complexity index is 1140. The molecule has 0 fully saturated rings. The summed E-state index contributed by atoms with van der Waals surface area (Å²) in [7, 11) is 0. The Morgan fingerprint density at radius 1 is 0.800 bits per heavy atom. The van der Waals surface area contributed by atoms with Crippen LogP contribution in [-0.2, 0) is 0 Å².